The molecule has 6 nitrogen and oxygen atoms in total. The third-order valence-corrected chi connectivity index (χ3v) is 4.85. The van der Waals surface area contributed by atoms with Crippen molar-refractivity contribution in [3.8, 4) is 11.5 Å². The lowest BCUT2D eigenvalue weighted by Gasteiger charge is -2.04. The molecule has 7 heteroatoms. The van der Waals surface area contributed by atoms with E-state index in [4.69, 9.17) is 4.98 Å². The summed E-state index contributed by atoms with van der Waals surface area (Å²) in [6, 6.07) is 0. The topological polar surface area (TPSA) is 64.3 Å². The van der Waals surface area contributed by atoms with E-state index in [1.54, 1.807) is 0 Å². The minimum atomic E-state index is 0.726. The normalized spacial score (nSPS) is 13.7. The van der Waals surface area contributed by atoms with Crippen LogP contribution < -0.4 is 0 Å². The number of fused-ring (bicyclic) bond motifs is 1. The van der Waals surface area contributed by atoms with E-state index in [9.17, 15) is 0 Å². The van der Waals surface area contributed by atoms with E-state index in [0.29, 0.717) is 0 Å². The molecule has 114 valence electrons. The van der Waals surface area contributed by atoms with Gasteiger partial charge < -0.3 is 14.1 Å². The van der Waals surface area contributed by atoms with Gasteiger partial charge in [0, 0.05) is 43.0 Å². The molecule has 0 fully saturated rings. The van der Waals surface area contributed by atoms with E-state index < -0.39 is 0 Å². The first-order valence-corrected chi connectivity index (χ1v) is 8.49. The number of hydrogen-bond acceptors (Lipinski definition) is 4. The highest BCUT2D eigenvalue weighted by Crippen LogP contribution is 2.26. The smallest absolute Gasteiger partial charge is 0.168 e. The van der Waals surface area contributed by atoms with Crippen LogP contribution in [0, 0.1) is 6.92 Å². The molecule has 0 saturated carbocycles. The van der Waals surface area contributed by atoms with Gasteiger partial charge in [0.1, 0.15) is 11.5 Å². The average Bonchev–Trinajstić information content (AvgIpc) is 3.22. The van der Waals surface area contributed by atoms with Crippen LogP contribution in [0.3, 0.4) is 0 Å². The van der Waals surface area contributed by atoms with Gasteiger partial charge in [-0.15, -0.1) is 0 Å². The number of aromatic nitrogens is 6. The minimum Gasteiger partial charge on any atom is -0.345 e. The minimum absolute atomic E-state index is 0.726. The van der Waals surface area contributed by atoms with Crippen LogP contribution in [0.4, 0.5) is 0 Å². The van der Waals surface area contributed by atoms with Crippen LogP contribution >= 0.6 is 11.8 Å². The second kappa shape index (κ2) is 5.31. The molecule has 0 saturated heterocycles. The number of thioether (sulfide) groups is 1. The molecule has 0 atom stereocenters. The van der Waals surface area contributed by atoms with E-state index in [1.807, 2.05) is 31.1 Å². The summed E-state index contributed by atoms with van der Waals surface area (Å²) in [5, 5.41) is 1.13. The summed E-state index contributed by atoms with van der Waals surface area (Å²) < 4.78 is 4.34. The zero-order valence-electron chi connectivity index (χ0n) is 12.7. The van der Waals surface area contributed by atoms with Crippen molar-refractivity contribution < 1.29 is 0 Å². The molecule has 1 aliphatic heterocycles. The number of aryl methyl sites for hydroxylation is 3. The van der Waals surface area contributed by atoms with Crippen molar-refractivity contribution in [2.24, 2.45) is 0 Å². The Balaban J connectivity index is 1.65. The lowest BCUT2D eigenvalue weighted by molar-refractivity contribution is 0.719. The number of nitrogens with one attached hydrogen (secondary N) is 1. The van der Waals surface area contributed by atoms with Crippen molar-refractivity contribution in [2.75, 3.05) is 5.75 Å². The number of aromatic amines is 1. The van der Waals surface area contributed by atoms with Crippen LogP contribution in [0.15, 0.2) is 23.7 Å². The highest BCUT2D eigenvalue weighted by molar-refractivity contribution is 7.99. The molecule has 22 heavy (non-hydrogen) atoms. The van der Waals surface area contributed by atoms with Crippen molar-refractivity contribution >= 4 is 11.8 Å². The Morgan fingerprint density at radius 3 is 3.05 bits per heavy atom. The SMILES string of the molecule is CCc1nc(-c2nccn2Cc2cn3c(n2)SCC3)c(C)[nH]1. The highest BCUT2D eigenvalue weighted by Gasteiger charge is 2.17. The van der Waals surface area contributed by atoms with Crippen LogP contribution in [0.1, 0.15) is 24.1 Å². The molecule has 3 aromatic rings. The molecule has 4 rings (SSSR count). The van der Waals surface area contributed by atoms with Gasteiger partial charge in [-0.2, -0.15) is 0 Å². The fraction of sp³-hybridized carbons (Fsp3) is 0.400. The maximum atomic E-state index is 4.69. The largest absolute Gasteiger partial charge is 0.345 e. The molecule has 0 aliphatic carbocycles. The fourth-order valence-electron chi connectivity index (χ4n) is 2.77. The number of rotatable bonds is 4. The number of H-pyrrole nitrogens is 1. The number of nitrogens with zero attached hydrogens (tertiary/aromatic N) is 5. The second-order valence-electron chi connectivity index (χ2n) is 5.45. The molecule has 0 amide bonds. The van der Waals surface area contributed by atoms with Crippen LogP contribution in [0.25, 0.3) is 11.5 Å². The van der Waals surface area contributed by atoms with Crippen molar-refractivity contribution in [1.29, 1.82) is 0 Å². The van der Waals surface area contributed by atoms with Gasteiger partial charge in [-0.1, -0.05) is 18.7 Å². The molecule has 3 aromatic heterocycles. The summed E-state index contributed by atoms with van der Waals surface area (Å²) in [6.07, 6.45) is 6.86. The third-order valence-electron chi connectivity index (χ3n) is 3.88. The van der Waals surface area contributed by atoms with Gasteiger partial charge in [0.2, 0.25) is 0 Å². The summed E-state index contributed by atoms with van der Waals surface area (Å²) in [4.78, 5) is 17.2. The average molecular weight is 314 g/mol. The number of imidazole rings is 3. The molecule has 0 spiro atoms. The molecule has 0 unspecified atom stereocenters. The van der Waals surface area contributed by atoms with Gasteiger partial charge >= 0.3 is 0 Å². The Labute approximate surface area is 133 Å². The first-order chi connectivity index (χ1) is 10.7. The molecule has 1 aliphatic rings. The maximum Gasteiger partial charge on any atom is 0.168 e. The summed E-state index contributed by atoms with van der Waals surface area (Å²) in [7, 11) is 0. The Morgan fingerprint density at radius 1 is 1.36 bits per heavy atom. The zero-order valence-corrected chi connectivity index (χ0v) is 13.5. The molecule has 1 N–H and O–H groups in total. The van der Waals surface area contributed by atoms with E-state index in [0.717, 1.165) is 59.2 Å². The van der Waals surface area contributed by atoms with Gasteiger partial charge in [-0.05, 0) is 6.92 Å². The van der Waals surface area contributed by atoms with Gasteiger partial charge in [-0.25, -0.2) is 15.0 Å². The van der Waals surface area contributed by atoms with Crippen molar-refractivity contribution in [3.05, 3.63) is 35.8 Å². The zero-order chi connectivity index (χ0) is 15.1. The van der Waals surface area contributed by atoms with E-state index >= 15 is 0 Å². The Bertz CT molecular complexity index is 790. The summed E-state index contributed by atoms with van der Waals surface area (Å²) >= 11 is 1.82. The molecular formula is C15H18N6S. The molecule has 0 radical (unpaired) electrons. The predicted octanol–water partition coefficient (Wildman–Crippen LogP) is 2.49. The van der Waals surface area contributed by atoms with E-state index in [1.165, 1.54) is 0 Å². The Morgan fingerprint density at radius 2 is 2.27 bits per heavy atom. The predicted molar refractivity (Wildman–Crippen MR) is 86.0 cm³/mol. The standard InChI is InChI=1S/C15H18N6S/c1-3-12-17-10(2)13(19-12)14-16-4-5-20(14)8-11-9-21-6-7-22-15(21)18-11/h4-5,9H,3,6-8H2,1-2H3,(H,17,19). The Kier molecular flexibility index (Phi) is 3.29. The lowest BCUT2D eigenvalue weighted by atomic mass is 10.3. The van der Waals surface area contributed by atoms with Crippen molar-refractivity contribution in [1.82, 2.24) is 29.1 Å². The van der Waals surface area contributed by atoms with Crippen molar-refractivity contribution in [2.45, 2.75) is 38.5 Å². The fourth-order valence-corrected chi connectivity index (χ4v) is 3.74. The number of hydrogen-bond donors (Lipinski definition) is 1. The summed E-state index contributed by atoms with van der Waals surface area (Å²) in [5.41, 5.74) is 3.07. The quantitative estimate of drug-likeness (QED) is 0.803. The third kappa shape index (κ3) is 2.25. The summed E-state index contributed by atoms with van der Waals surface area (Å²) in [5.74, 6) is 3.03. The van der Waals surface area contributed by atoms with E-state index in [2.05, 4.69) is 37.2 Å². The maximum absolute atomic E-state index is 4.69. The van der Waals surface area contributed by atoms with Crippen LogP contribution in [0.2, 0.25) is 0 Å². The first kappa shape index (κ1) is 13.6. The lowest BCUT2D eigenvalue weighted by Crippen LogP contribution is -2.03. The van der Waals surface area contributed by atoms with E-state index in [-0.39, 0.29) is 0 Å². The van der Waals surface area contributed by atoms with Crippen LogP contribution in [0.5, 0.6) is 0 Å². The van der Waals surface area contributed by atoms with Gasteiger partial charge in [0.05, 0.1) is 12.2 Å². The van der Waals surface area contributed by atoms with Crippen molar-refractivity contribution in [3.63, 3.8) is 0 Å². The molecule has 4 heterocycles. The molecular weight excluding hydrogens is 296 g/mol. The first-order valence-electron chi connectivity index (χ1n) is 7.50. The van der Waals surface area contributed by atoms with Gasteiger partial charge in [0.25, 0.3) is 0 Å². The molecule has 0 bridgehead atoms. The van der Waals surface area contributed by atoms with Gasteiger partial charge in [0.15, 0.2) is 11.0 Å². The van der Waals surface area contributed by atoms with Crippen LogP contribution in [-0.2, 0) is 19.5 Å². The Hall–Kier alpha value is -2.02. The van der Waals surface area contributed by atoms with Gasteiger partial charge in [-0.3, -0.25) is 0 Å². The summed E-state index contributed by atoms with van der Waals surface area (Å²) in [6.45, 7) is 5.92. The second-order valence-corrected chi connectivity index (χ2v) is 6.51. The highest BCUT2D eigenvalue weighted by atomic mass is 32.2. The van der Waals surface area contributed by atoms with Crippen LogP contribution in [-0.4, -0.2) is 34.8 Å². The monoisotopic (exact) mass is 314 g/mol. The molecule has 0 aromatic carbocycles.